The summed E-state index contributed by atoms with van der Waals surface area (Å²) in [6.07, 6.45) is 4.22. The van der Waals surface area contributed by atoms with Gasteiger partial charge in [0.1, 0.15) is 21.1 Å². The molecule has 0 bridgehead atoms. The van der Waals surface area contributed by atoms with E-state index >= 15 is 0 Å². The second-order valence-corrected chi connectivity index (χ2v) is 6.41. The Morgan fingerprint density at radius 3 is 2.12 bits per heavy atom. The number of benzene rings is 1. The van der Waals surface area contributed by atoms with Crippen molar-refractivity contribution in [1.29, 1.82) is 0 Å². The molecule has 0 amide bonds. The molecule has 0 aliphatic heterocycles. The molecule has 3 heteroatoms. The molecule has 3 aromatic heterocycles. The standard InChI is InChI=1S/C22H22N3/c1-23-15-7-6-11-19(23)20-12-8-13-21(25(20)3)22-18-10-5-4-9-17(18)14-16-24(22)2/h4-16H,1-3H3/q+3. The van der Waals surface area contributed by atoms with Gasteiger partial charge < -0.3 is 0 Å². The zero-order valence-corrected chi connectivity index (χ0v) is 14.8. The number of fused-ring (bicyclic) bond motifs is 1. The Kier molecular flexibility index (Phi) is 3.77. The molecule has 25 heavy (non-hydrogen) atoms. The molecule has 0 spiro atoms. The minimum atomic E-state index is 1.19. The van der Waals surface area contributed by atoms with Crippen LogP contribution in [0.5, 0.6) is 0 Å². The predicted molar refractivity (Wildman–Crippen MR) is 98.3 cm³/mol. The van der Waals surface area contributed by atoms with Gasteiger partial charge in [0.15, 0.2) is 12.4 Å². The van der Waals surface area contributed by atoms with Crippen LogP contribution in [-0.4, -0.2) is 0 Å². The lowest BCUT2D eigenvalue weighted by atomic mass is 10.1. The predicted octanol–water partition coefficient (Wildman–Crippen LogP) is 2.65. The van der Waals surface area contributed by atoms with Gasteiger partial charge in [0, 0.05) is 30.3 Å². The van der Waals surface area contributed by atoms with Crippen molar-refractivity contribution in [2.24, 2.45) is 21.1 Å². The van der Waals surface area contributed by atoms with E-state index in [0.717, 1.165) is 0 Å². The van der Waals surface area contributed by atoms with E-state index in [1.165, 1.54) is 33.5 Å². The van der Waals surface area contributed by atoms with E-state index in [2.05, 4.69) is 114 Å². The van der Waals surface area contributed by atoms with Crippen molar-refractivity contribution >= 4 is 10.8 Å². The largest absolute Gasteiger partial charge is 0.285 e. The van der Waals surface area contributed by atoms with Crippen molar-refractivity contribution in [1.82, 2.24) is 0 Å². The van der Waals surface area contributed by atoms with Gasteiger partial charge >= 0.3 is 0 Å². The lowest BCUT2D eigenvalue weighted by Crippen LogP contribution is -2.42. The zero-order chi connectivity index (χ0) is 17.4. The summed E-state index contributed by atoms with van der Waals surface area (Å²) in [5, 5.41) is 2.52. The van der Waals surface area contributed by atoms with E-state index in [0.29, 0.717) is 0 Å². The first-order chi connectivity index (χ1) is 12.2. The Morgan fingerprint density at radius 2 is 1.28 bits per heavy atom. The van der Waals surface area contributed by atoms with Gasteiger partial charge in [0.2, 0.25) is 0 Å². The third-order valence-corrected chi connectivity index (χ3v) is 4.84. The maximum atomic E-state index is 2.27. The van der Waals surface area contributed by atoms with E-state index in [1.54, 1.807) is 0 Å². The van der Waals surface area contributed by atoms with E-state index in [1.807, 2.05) is 0 Å². The van der Waals surface area contributed by atoms with Crippen molar-refractivity contribution in [2.45, 2.75) is 0 Å². The first-order valence-electron chi connectivity index (χ1n) is 8.48. The highest BCUT2D eigenvalue weighted by molar-refractivity contribution is 5.91. The van der Waals surface area contributed by atoms with Crippen molar-refractivity contribution in [3.8, 4) is 22.8 Å². The Morgan fingerprint density at radius 1 is 0.560 bits per heavy atom. The lowest BCUT2D eigenvalue weighted by Gasteiger charge is -2.06. The second-order valence-electron chi connectivity index (χ2n) is 6.41. The summed E-state index contributed by atoms with van der Waals surface area (Å²) in [5.41, 5.74) is 4.80. The minimum Gasteiger partial charge on any atom is -0.196 e. The lowest BCUT2D eigenvalue weighted by molar-refractivity contribution is -0.696. The molecule has 0 fully saturated rings. The highest BCUT2D eigenvalue weighted by Gasteiger charge is 2.27. The van der Waals surface area contributed by atoms with Crippen molar-refractivity contribution in [2.75, 3.05) is 0 Å². The molecule has 3 heterocycles. The monoisotopic (exact) mass is 328 g/mol. The highest BCUT2D eigenvalue weighted by Crippen LogP contribution is 2.24. The van der Waals surface area contributed by atoms with Crippen LogP contribution in [0, 0.1) is 0 Å². The fraction of sp³-hybridized carbons (Fsp3) is 0.136. The summed E-state index contributed by atoms with van der Waals surface area (Å²) in [5.74, 6) is 0. The van der Waals surface area contributed by atoms with Crippen LogP contribution >= 0.6 is 0 Å². The molecule has 0 saturated heterocycles. The number of hydrogen-bond donors (Lipinski definition) is 0. The number of aromatic nitrogens is 3. The average Bonchev–Trinajstić information content (AvgIpc) is 2.63. The van der Waals surface area contributed by atoms with Crippen LogP contribution in [-0.2, 0) is 21.1 Å². The van der Waals surface area contributed by atoms with E-state index in [-0.39, 0.29) is 0 Å². The number of rotatable bonds is 2. The van der Waals surface area contributed by atoms with Crippen LogP contribution in [0.3, 0.4) is 0 Å². The van der Waals surface area contributed by atoms with Crippen LogP contribution in [0.15, 0.2) is 79.1 Å². The highest BCUT2D eigenvalue weighted by atomic mass is 15.0. The van der Waals surface area contributed by atoms with Crippen LogP contribution in [0.4, 0.5) is 0 Å². The third-order valence-electron chi connectivity index (χ3n) is 4.84. The van der Waals surface area contributed by atoms with Gasteiger partial charge in [-0.2, -0.15) is 13.7 Å². The fourth-order valence-electron chi connectivity index (χ4n) is 3.50. The van der Waals surface area contributed by atoms with Gasteiger partial charge in [-0.3, -0.25) is 0 Å². The van der Waals surface area contributed by atoms with Crippen LogP contribution in [0.2, 0.25) is 0 Å². The van der Waals surface area contributed by atoms with E-state index in [4.69, 9.17) is 0 Å². The molecule has 0 atom stereocenters. The second kappa shape index (κ2) is 6.10. The zero-order valence-electron chi connectivity index (χ0n) is 14.8. The average molecular weight is 328 g/mol. The molecule has 0 unspecified atom stereocenters. The molecule has 3 nitrogen and oxygen atoms in total. The topological polar surface area (TPSA) is 11.6 Å². The molecular formula is C22H22N3+3. The SMILES string of the molecule is C[n+]1ccccc1-c1cccc(-c2c3ccccc3cc[n+]2C)[n+]1C. The molecule has 1 aromatic carbocycles. The van der Waals surface area contributed by atoms with Crippen LogP contribution in [0.1, 0.15) is 0 Å². The molecule has 0 saturated carbocycles. The van der Waals surface area contributed by atoms with Gasteiger partial charge in [-0.15, -0.1) is 0 Å². The Balaban J connectivity index is 2.02. The fourth-order valence-corrected chi connectivity index (χ4v) is 3.50. The van der Waals surface area contributed by atoms with Crippen LogP contribution in [0.25, 0.3) is 33.5 Å². The summed E-state index contributed by atoms with van der Waals surface area (Å²) in [4.78, 5) is 0. The first kappa shape index (κ1) is 15.5. The quantitative estimate of drug-likeness (QED) is 0.502. The van der Waals surface area contributed by atoms with Crippen molar-refractivity contribution in [3.63, 3.8) is 0 Å². The maximum Gasteiger partial charge on any atom is 0.285 e. The van der Waals surface area contributed by atoms with Gasteiger partial charge in [-0.05, 0) is 23.6 Å². The Labute approximate surface area is 148 Å². The molecule has 0 N–H and O–H groups in total. The molecule has 0 radical (unpaired) electrons. The molecular weight excluding hydrogens is 306 g/mol. The number of aryl methyl sites for hydroxylation is 2. The van der Waals surface area contributed by atoms with Gasteiger partial charge in [-0.25, -0.2) is 0 Å². The molecule has 122 valence electrons. The summed E-state index contributed by atoms with van der Waals surface area (Å²) < 4.78 is 6.63. The van der Waals surface area contributed by atoms with Gasteiger partial charge in [0.05, 0.1) is 5.39 Å². The number of pyridine rings is 3. The van der Waals surface area contributed by atoms with E-state index in [9.17, 15) is 0 Å². The van der Waals surface area contributed by atoms with Crippen molar-refractivity contribution in [3.05, 3.63) is 79.1 Å². The number of hydrogen-bond acceptors (Lipinski definition) is 0. The summed E-state index contributed by atoms with van der Waals surface area (Å²) in [6, 6.07) is 23.5. The first-order valence-corrected chi connectivity index (χ1v) is 8.48. The van der Waals surface area contributed by atoms with E-state index < -0.39 is 0 Å². The Bertz CT molecular complexity index is 1080. The summed E-state index contributed by atoms with van der Waals surface area (Å²) in [7, 11) is 6.33. The third kappa shape index (κ3) is 2.58. The van der Waals surface area contributed by atoms with Gasteiger partial charge in [0.25, 0.3) is 22.8 Å². The molecule has 4 rings (SSSR count). The van der Waals surface area contributed by atoms with Gasteiger partial charge in [-0.1, -0.05) is 18.2 Å². The van der Waals surface area contributed by atoms with Crippen molar-refractivity contribution < 1.29 is 13.7 Å². The molecule has 0 aliphatic carbocycles. The molecule has 4 aromatic rings. The van der Waals surface area contributed by atoms with Crippen LogP contribution < -0.4 is 13.7 Å². The Hall–Kier alpha value is -3.07. The summed E-state index contributed by atoms with van der Waals surface area (Å²) >= 11 is 0. The normalized spacial score (nSPS) is 11.0. The molecule has 0 aliphatic rings. The smallest absolute Gasteiger partial charge is 0.196 e. The maximum absolute atomic E-state index is 2.27. The summed E-state index contributed by atoms with van der Waals surface area (Å²) in [6.45, 7) is 0. The number of nitrogens with zero attached hydrogens (tertiary/aromatic N) is 3. The minimum absolute atomic E-state index is 1.19.